The van der Waals surface area contributed by atoms with Crippen molar-refractivity contribution in [2.75, 3.05) is 4.90 Å². The Labute approximate surface area is 122 Å². The number of carbonyl (C=O) groups is 3. The summed E-state index contributed by atoms with van der Waals surface area (Å²) < 4.78 is 0. The molecule has 0 bridgehead atoms. The second kappa shape index (κ2) is 5.27. The zero-order valence-electron chi connectivity index (χ0n) is 11.8. The van der Waals surface area contributed by atoms with Crippen LogP contribution in [0.2, 0.25) is 0 Å². The maximum Gasteiger partial charge on any atom is 0.335 e. The Hall–Kier alpha value is -2.24. The summed E-state index contributed by atoms with van der Waals surface area (Å²) >= 11 is 0. The lowest BCUT2D eigenvalue weighted by atomic mass is 9.87. The third-order valence-electron chi connectivity index (χ3n) is 4.29. The van der Waals surface area contributed by atoms with Crippen molar-refractivity contribution in [3.8, 4) is 0 Å². The lowest BCUT2D eigenvalue weighted by Gasteiger charge is -2.33. The number of aryl methyl sites for hydroxylation is 1. The highest BCUT2D eigenvalue weighted by molar-refractivity contribution is 6.28. The predicted octanol–water partition coefficient (Wildman–Crippen LogP) is 1.78. The third-order valence-corrected chi connectivity index (χ3v) is 4.29. The van der Waals surface area contributed by atoms with Crippen molar-refractivity contribution in [1.82, 2.24) is 10.3 Å². The van der Waals surface area contributed by atoms with Gasteiger partial charge in [-0.25, -0.2) is 9.69 Å². The monoisotopic (exact) mass is 287 g/mol. The van der Waals surface area contributed by atoms with Crippen LogP contribution < -0.4 is 10.2 Å². The van der Waals surface area contributed by atoms with Crippen LogP contribution in [0.25, 0.3) is 0 Å². The number of hydrogen-bond acceptors (Lipinski definition) is 4. The largest absolute Gasteiger partial charge is 0.335 e. The van der Waals surface area contributed by atoms with Gasteiger partial charge in [-0.3, -0.25) is 19.9 Å². The average molecular weight is 287 g/mol. The number of carbonyl (C=O) groups excluding carboxylic acids is 3. The Bertz CT molecular complexity index is 608. The topological polar surface area (TPSA) is 79.4 Å². The fourth-order valence-electron chi connectivity index (χ4n) is 3.24. The van der Waals surface area contributed by atoms with Gasteiger partial charge in [0, 0.05) is 6.20 Å². The number of nitrogens with one attached hydrogen (secondary N) is 1. The van der Waals surface area contributed by atoms with E-state index in [-0.39, 0.29) is 5.92 Å². The highest BCUT2D eigenvalue weighted by atomic mass is 16.2. The highest BCUT2D eigenvalue weighted by Gasteiger charge is 2.46. The number of amides is 4. The summed E-state index contributed by atoms with van der Waals surface area (Å²) in [5, 5.41) is 2.31. The Kier molecular flexibility index (Phi) is 3.45. The summed E-state index contributed by atoms with van der Waals surface area (Å²) in [6.07, 6.45) is 5.38. The van der Waals surface area contributed by atoms with Crippen LogP contribution in [0.1, 0.15) is 31.4 Å². The number of imide groups is 2. The van der Waals surface area contributed by atoms with Crippen LogP contribution in [-0.4, -0.2) is 22.8 Å². The van der Waals surface area contributed by atoms with E-state index >= 15 is 0 Å². The van der Waals surface area contributed by atoms with Crippen LogP contribution in [-0.2, 0) is 9.59 Å². The first-order valence-electron chi connectivity index (χ1n) is 7.20. The van der Waals surface area contributed by atoms with Crippen LogP contribution in [0.15, 0.2) is 18.3 Å². The molecule has 6 heteroatoms. The second-order valence-electron chi connectivity index (χ2n) is 5.60. The Morgan fingerprint density at radius 3 is 2.62 bits per heavy atom. The van der Waals surface area contributed by atoms with Gasteiger partial charge in [0.2, 0.25) is 11.8 Å². The van der Waals surface area contributed by atoms with E-state index in [1.165, 1.54) is 0 Å². The molecule has 1 atom stereocenters. The maximum atomic E-state index is 12.7. The molecule has 1 saturated carbocycles. The van der Waals surface area contributed by atoms with Gasteiger partial charge in [0.25, 0.3) is 0 Å². The molecule has 2 fully saturated rings. The first-order valence-corrected chi connectivity index (χ1v) is 7.20. The molecule has 3 rings (SSSR count). The number of aromatic nitrogens is 1. The molecule has 0 aromatic carbocycles. The lowest BCUT2D eigenvalue weighted by molar-refractivity contribution is -0.136. The second-order valence-corrected chi connectivity index (χ2v) is 5.60. The molecular formula is C15H17N3O3. The van der Waals surface area contributed by atoms with Gasteiger partial charge in [-0.1, -0.05) is 12.8 Å². The molecule has 4 amide bonds. The fourth-order valence-corrected chi connectivity index (χ4v) is 3.24. The molecule has 1 aliphatic carbocycles. The number of nitrogens with zero attached hydrogens (tertiary/aromatic N) is 2. The SMILES string of the molecule is Cc1ncccc1N1C(=O)NC(=O)C(C2CCCC2)C1=O. The zero-order valence-corrected chi connectivity index (χ0v) is 11.8. The minimum Gasteiger partial charge on any atom is -0.277 e. The smallest absolute Gasteiger partial charge is 0.277 e. The molecule has 1 saturated heterocycles. The van der Waals surface area contributed by atoms with E-state index < -0.39 is 23.8 Å². The van der Waals surface area contributed by atoms with Crippen molar-refractivity contribution < 1.29 is 14.4 Å². The molecule has 1 unspecified atom stereocenters. The summed E-state index contributed by atoms with van der Waals surface area (Å²) in [5.41, 5.74) is 1.02. The molecule has 1 aromatic rings. The quantitative estimate of drug-likeness (QED) is 0.841. The molecule has 1 aliphatic heterocycles. The number of urea groups is 1. The molecule has 0 radical (unpaired) electrons. The van der Waals surface area contributed by atoms with Crippen molar-refractivity contribution >= 4 is 23.5 Å². The van der Waals surface area contributed by atoms with Gasteiger partial charge >= 0.3 is 6.03 Å². The minimum absolute atomic E-state index is 0.0325. The number of barbiturate groups is 1. The van der Waals surface area contributed by atoms with E-state index in [2.05, 4.69) is 10.3 Å². The predicted molar refractivity (Wildman–Crippen MR) is 75.4 cm³/mol. The standard InChI is InChI=1S/C15H17N3O3/c1-9-11(7-4-8-16-9)18-14(20)12(10-5-2-3-6-10)13(19)17-15(18)21/h4,7-8,10,12H,2-3,5-6H2,1H3,(H,17,19,21). The van der Waals surface area contributed by atoms with Gasteiger partial charge in [0.05, 0.1) is 11.4 Å². The summed E-state index contributed by atoms with van der Waals surface area (Å²) in [6.45, 7) is 1.73. The molecule has 0 spiro atoms. The zero-order chi connectivity index (χ0) is 15.0. The summed E-state index contributed by atoms with van der Waals surface area (Å²) in [5.74, 6) is -1.61. The minimum atomic E-state index is -0.759. The Balaban J connectivity index is 1.96. The summed E-state index contributed by atoms with van der Waals surface area (Å²) in [6, 6.07) is 2.65. The molecule has 110 valence electrons. The van der Waals surface area contributed by atoms with Crippen LogP contribution >= 0.6 is 0 Å². The van der Waals surface area contributed by atoms with E-state index in [1.807, 2.05) is 0 Å². The van der Waals surface area contributed by atoms with E-state index in [0.29, 0.717) is 11.4 Å². The van der Waals surface area contributed by atoms with Crippen LogP contribution in [0.3, 0.4) is 0 Å². The van der Waals surface area contributed by atoms with Gasteiger partial charge in [-0.2, -0.15) is 0 Å². The number of pyridine rings is 1. The van der Waals surface area contributed by atoms with Crippen LogP contribution in [0, 0.1) is 18.8 Å². The normalized spacial score (nSPS) is 23.6. The Morgan fingerprint density at radius 2 is 1.95 bits per heavy atom. The van der Waals surface area contributed by atoms with Gasteiger partial charge in [0.1, 0.15) is 5.92 Å². The third kappa shape index (κ3) is 2.30. The van der Waals surface area contributed by atoms with E-state index in [4.69, 9.17) is 0 Å². The number of anilines is 1. The van der Waals surface area contributed by atoms with Crippen molar-refractivity contribution in [1.29, 1.82) is 0 Å². The first kappa shape index (κ1) is 13.7. The molecule has 21 heavy (non-hydrogen) atoms. The highest BCUT2D eigenvalue weighted by Crippen LogP contribution is 2.35. The number of hydrogen-bond donors (Lipinski definition) is 1. The van der Waals surface area contributed by atoms with Gasteiger partial charge in [-0.15, -0.1) is 0 Å². The van der Waals surface area contributed by atoms with Gasteiger partial charge in [-0.05, 0) is 37.8 Å². The maximum absolute atomic E-state index is 12.7. The van der Waals surface area contributed by atoms with E-state index in [0.717, 1.165) is 30.6 Å². The first-order chi connectivity index (χ1) is 10.1. The van der Waals surface area contributed by atoms with Crippen molar-refractivity contribution in [2.45, 2.75) is 32.6 Å². The van der Waals surface area contributed by atoms with Gasteiger partial charge in [0.15, 0.2) is 0 Å². The molecule has 2 heterocycles. The summed E-state index contributed by atoms with van der Waals surface area (Å²) in [4.78, 5) is 42.0. The van der Waals surface area contributed by atoms with Crippen LogP contribution in [0.5, 0.6) is 0 Å². The van der Waals surface area contributed by atoms with Crippen molar-refractivity contribution in [3.05, 3.63) is 24.0 Å². The van der Waals surface area contributed by atoms with Crippen molar-refractivity contribution in [3.63, 3.8) is 0 Å². The van der Waals surface area contributed by atoms with Crippen molar-refractivity contribution in [2.24, 2.45) is 11.8 Å². The Morgan fingerprint density at radius 1 is 1.24 bits per heavy atom. The fraction of sp³-hybridized carbons (Fsp3) is 0.467. The van der Waals surface area contributed by atoms with E-state index in [1.54, 1.807) is 25.3 Å². The van der Waals surface area contributed by atoms with Gasteiger partial charge < -0.3 is 0 Å². The molecule has 1 aromatic heterocycles. The van der Waals surface area contributed by atoms with E-state index in [9.17, 15) is 14.4 Å². The number of rotatable bonds is 2. The molecular weight excluding hydrogens is 270 g/mol. The molecule has 1 N–H and O–H groups in total. The molecule has 6 nitrogen and oxygen atoms in total. The lowest BCUT2D eigenvalue weighted by Crippen LogP contribution is -2.60. The molecule has 2 aliphatic rings. The summed E-state index contributed by atoms with van der Waals surface area (Å²) in [7, 11) is 0. The average Bonchev–Trinajstić information content (AvgIpc) is 2.94. The van der Waals surface area contributed by atoms with Crippen LogP contribution in [0.4, 0.5) is 10.5 Å².